The summed E-state index contributed by atoms with van der Waals surface area (Å²) in [5.74, 6) is 2.26. The lowest BCUT2D eigenvalue weighted by Crippen LogP contribution is -2.23. The van der Waals surface area contributed by atoms with Crippen LogP contribution in [0.1, 0.15) is 40.7 Å². The van der Waals surface area contributed by atoms with E-state index in [4.69, 9.17) is 9.47 Å². The predicted octanol–water partition coefficient (Wildman–Crippen LogP) is 3.77. The maximum atomic E-state index is 11.8. The lowest BCUT2D eigenvalue weighted by atomic mass is 9.89. The monoisotopic (exact) mass is 378 g/mol. The van der Waals surface area contributed by atoms with E-state index >= 15 is 0 Å². The van der Waals surface area contributed by atoms with Crippen LogP contribution in [0, 0.1) is 5.92 Å². The number of ether oxygens (including phenoxy) is 2. The molecule has 2 heterocycles. The summed E-state index contributed by atoms with van der Waals surface area (Å²) in [6.07, 6.45) is 2.76. The van der Waals surface area contributed by atoms with E-state index in [1.54, 1.807) is 13.3 Å². The van der Waals surface area contributed by atoms with Crippen molar-refractivity contribution < 1.29 is 14.3 Å². The first kappa shape index (κ1) is 18.7. The molecule has 2 atom stereocenters. The number of benzene rings is 2. The van der Waals surface area contributed by atoms with Gasteiger partial charge in [-0.25, -0.2) is 4.99 Å². The molecule has 0 bridgehead atoms. The van der Waals surface area contributed by atoms with Crippen molar-refractivity contribution in [1.29, 1.82) is 0 Å². The second-order valence-electron chi connectivity index (χ2n) is 7.52. The van der Waals surface area contributed by atoms with Crippen LogP contribution in [0.25, 0.3) is 0 Å². The molecule has 5 nitrogen and oxygen atoms in total. The highest BCUT2D eigenvalue weighted by molar-refractivity contribution is 6.13. The van der Waals surface area contributed by atoms with Gasteiger partial charge in [0, 0.05) is 36.7 Å². The average Bonchev–Trinajstić information content (AvgIpc) is 3.30. The third kappa shape index (κ3) is 3.80. The van der Waals surface area contributed by atoms with Crippen molar-refractivity contribution in [2.75, 3.05) is 33.4 Å². The zero-order chi connectivity index (χ0) is 19.5. The molecule has 0 aliphatic carbocycles. The Balaban J connectivity index is 1.47. The molecule has 0 aromatic heterocycles. The molecule has 0 saturated carbocycles. The van der Waals surface area contributed by atoms with Gasteiger partial charge in [0.1, 0.15) is 11.5 Å². The number of carbonyl (C=O) groups is 1. The molecule has 1 fully saturated rings. The number of carbonyl (C=O) groups excluding carboxylic acids is 1. The lowest BCUT2D eigenvalue weighted by molar-refractivity contribution is 0.101. The molecule has 2 aliphatic rings. The van der Waals surface area contributed by atoms with Crippen LogP contribution in [0.3, 0.4) is 0 Å². The molecule has 1 saturated heterocycles. The fourth-order valence-corrected chi connectivity index (χ4v) is 4.18. The average molecular weight is 378 g/mol. The van der Waals surface area contributed by atoms with Crippen molar-refractivity contribution in [2.24, 2.45) is 10.9 Å². The smallest absolute Gasteiger partial charge is 0.277 e. The van der Waals surface area contributed by atoms with Gasteiger partial charge in [0.25, 0.3) is 5.91 Å². The molecule has 1 amide bonds. The molecule has 146 valence electrons. The normalized spacial score (nSPS) is 21.1. The number of hydrogen-bond acceptors (Lipinski definition) is 4. The van der Waals surface area contributed by atoms with Gasteiger partial charge in [0.05, 0.1) is 19.3 Å². The van der Waals surface area contributed by atoms with Gasteiger partial charge in [-0.1, -0.05) is 19.1 Å². The lowest BCUT2D eigenvalue weighted by Gasteiger charge is -2.20. The van der Waals surface area contributed by atoms with Crippen LogP contribution in [0.5, 0.6) is 11.5 Å². The van der Waals surface area contributed by atoms with Crippen LogP contribution in [-0.2, 0) is 0 Å². The van der Waals surface area contributed by atoms with Crippen LogP contribution in [0.2, 0.25) is 0 Å². The number of likely N-dealkylation sites (tertiary alicyclic amines) is 1. The third-order valence-corrected chi connectivity index (χ3v) is 5.64. The molecule has 2 aliphatic heterocycles. The van der Waals surface area contributed by atoms with E-state index in [-0.39, 0.29) is 5.91 Å². The SMILES string of the molecule is CCCN1C[C@@H](COc2ccc3c(c2)C(=O)N=C3)[C@H](c2ccc(OC)cc2)C1. The number of methoxy groups -OCH3 is 1. The van der Waals surface area contributed by atoms with Crippen LogP contribution >= 0.6 is 0 Å². The minimum atomic E-state index is -0.188. The van der Waals surface area contributed by atoms with Crippen molar-refractivity contribution in [2.45, 2.75) is 19.3 Å². The highest BCUT2D eigenvalue weighted by atomic mass is 16.5. The Kier molecular flexibility index (Phi) is 5.44. The first-order chi connectivity index (χ1) is 13.7. The molecule has 0 N–H and O–H groups in total. The van der Waals surface area contributed by atoms with E-state index in [0.29, 0.717) is 24.0 Å². The fourth-order valence-electron chi connectivity index (χ4n) is 4.18. The van der Waals surface area contributed by atoms with Crippen LogP contribution < -0.4 is 9.47 Å². The molecule has 4 rings (SSSR count). The number of hydrogen-bond donors (Lipinski definition) is 0. The van der Waals surface area contributed by atoms with Crippen molar-refractivity contribution in [3.63, 3.8) is 0 Å². The van der Waals surface area contributed by atoms with E-state index in [1.165, 1.54) is 5.56 Å². The molecule has 0 radical (unpaired) electrons. The number of aliphatic imine (C=N–C) groups is 1. The maximum Gasteiger partial charge on any atom is 0.277 e. The van der Waals surface area contributed by atoms with Crippen LogP contribution in [-0.4, -0.2) is 50.4 Å². The van der Waals surface area contributed by atoms with Gasteiger partial charge in [0.2, 0.25) is 0 Å². The zero-order valence-electron chi connectivity index (χ0n) is 16.4. The summed E-state index contributed by atoms with van der Waals surface area (Å²) in [4.78, 5) is 18.2. The standard InChI is InChI=1S/C23H26N2O3/c1-3-10-25-13-18(22(14-25)16-4-7-19(27-2)8-5-16)15-28-20-9-6-17-12-24-23(26)21(17)11-20/h4-9,11-12,18,22H,3,10,13-15H2,1-2H3/t18-,22-/m0/s1. The Bertz CT molecular complexity index is 876. The number of amides is 1. The summed E-state index contributed by atoms with van der Waals surface area (Å²) in [6.45, 7) is 6.02. The Labute approximate surface area is 166 Å². The number of nitrogens with zero attached hydrogens (tertiary/aromatic N) is 2. The largest absolute Gasteiger partial charge is 0.497 e. The van der Waals surface area contributed by atoms with Crippen molar-refractivity contribution in [3.8, 4) is 11.5 Å². The van der Waals surface area contributed by atoms with E-state index in [9.17, 15) is 4.79 Å². The summed E-state index contributed by atoms with van der Waals surface area (Å²) in [7, 11) is 1.69. The Hall–Kier alpha value is -2.66. The third-order valence-electron chi connectivity index (χ3n) is 5.64. The molecule has 2 aromatic carbocycles. The maximum absolute atomic E-state index is 11.8. The van der Waals surface area contributed by atoms with Gasteiger partial charge in [-0.3, -0.25) is 4.79 Å². The molecule has 0 spiro atoms. The Morgan fingerprint density at radius 2 is 1.89 bits per heavy atom. The molecular weight excluding hydrogens is 352 g/mol. The van der Waals surface area contributed by atoms with Crippen LogP contribution in [0.15, 0.2) is 47.5 Å². The number of fused-ring (bicyclic) bond motifs is 1. The molecule has 2 aromatic rings. The summed E-state index contributed by atoms with van der Waals surface area (Å²) in [5, 5.41) is 0. The zero-order valence-corrected chi connectivity index (χ0v) is 16.4. The van der Waals surface area contributed by atoms with Crippen molar-refractivity contribution in [3.05, 3.63) is 59.2 Å². The van der Waals surface area contributed by atoms with Gasteiger partial charge in [-0.15, -0.1) is 0 Å². The Morgan fingerprint density at radius 1 is 1.11 bits per heavy atom. The fraction of sp³-hybridized carbons (Fsp3) is 0.391. The summed E-state index contributed by atoms with van der Waals surface area (Å²) in [6, 6.07) is 14.0. The number of rotatable bonds is 7. The highest BCUT2D eigenvalue weighted by Gasteiger charge is 2.34. The molecular formula is C23H26N2O3. The summed E-state index contributed by atoms with van der Waals surface area (Å²) < 4.78 is 11.4. The molecule has 0 unspecified atom stereocenters. The first-order valence-corrected chi connectivity index (χ1v) is 9.89. The van der Waals surface area contributed by atoms with Gasteiger partial charge in [-0.05, 0) is 48.9 Å². The van der Waals surface area contributed by atoms with Crippen LogP contribution in [0.4, 0.5) is 0 Å². The predicted molar refractivity (Wildman–Crippen MR) is 110 cm³/mol. The molecule has 5 heteroatoms. The van der Waals surface area contributed by atoms with E-state index in [1.807, 2.05) is 30.3 Å². The first-order valence-electron chi connectivity index (χ1n) is 9.89. The van der Waals surface area contributed by atoms with E-state index < -0.39 is 0 Å². The topological polar surface area (TPSA) is 51.1 Å². The van der Waals surface area contributed by atoms with E-state index in [0.717, 1.165) is 43.1 Å². The van der Waals surface area contributed by atoms with Crippen molar-refractivity contribution in [1.82, 2.24) is 4.90 Å². The van der Waals surface area contributed by atoms with E-state index in [2.05, 4.69) is 28.9 Å². The second kappa shape index (κ2) is 8.15. The summed E-state index contributed by atoms with van der Waals surface area (Å²) >= 11 is 0. The van der Waals surface area contributed by atoms with Crippen molar-refractivity contribution >= 4 is 12.1 Å². The minimum absolute atomic E-state index is 0.188. The van der Waals surface area contributed by atoms with Gasteiger partial charge in [0.15, 0.2) is 0 Å². The summed E-state index contributed by atoms with van der Waals surface area (Å²) in [5.41, 5.74) is 2.82. The minimum Gasteiger partial charge on any atom is -0.497 e. The van der Waals surface area contributed by atoms with Gasteiger partial charge >= 0.3 is 0 Å². The second-order valence-corrected chi connectivity index (χ2v) is 7.52. The quantitative estimate of drug-likeness (QED) is 0.736. The Morgan fingerprint density at radius 3 is 2.64 bits per heavy atom. The molecule has 28 heavy (non-hydrogen) atoms. The van der Waals surface area contributed by atoms with Gasteiger partial charge in [-0.2, -0.15) is 0 Å². The highest BCUT2D eigenvalue weighted by Crippen LogP contribution is 2.34. The van der Waals surface area contributed by atoms with Gasteiger partial charge < -0.3 is 14.4 Å².